The summed E-state index contributed by atoms with van der Waals surface area (Å²) in [4.78, 5) is 31.5. The van der Waals surface area contributed by atoms with Crippen LogP contribution >= 0.6 is 0 Å². The van der Waals surface area contributed by atoms with Crippen molar-refractivity contribution in [1.82, 2.24) is 15.5 Å². The van der Waals surface area contributed by atoms with Gasteiger partial charge in [-0.15, -0.1) is 0 Å². The molecule has 0 aliphatic carbocycles. The lowest BCUT2D eigenvalue weighted by molar-refractivity contribution is -0.130. The minimum absolute atomic E-state index is 0.0333. The Morgan fingerprint density at radius 2 is 1.88 bits per heavy atom. The van der Waals surface area contributed by atoms with Crippen molar-refractivity contribution in [2.75, 3.05) is 50.8 Å². The van der Waals surface area contributed by atoms with E-state index in [0.717, 1.165) is 81.8 Å². The molecule has 43 heavy (non-hydrogen) atoms. The van der Waals surface area contributed by atoms with E-state index in [0.29, 0.717) is 36.5 Å². The van der Waals surface area contributed by atoms with Crippen LogP contribution in [0.3, 0.4) is 0 Å². The van der Waals surface area contributed by atoms with E-state index in [1.54, 1.807) is 0 Å². The molecular formula is C35H54N4O4. The van der Waals surface area contributed by atoms with Gasteiger partial charge in [0.2, 0.25) is 5.91 Å². The number of anilines is 1. The van der Waals surface area contributed by atoms with Crippen LogP contribution in [0.15, 0.2) is 12.1 Å². The average molecular weight is 595 g/mol. The van der Waals surface area contributed by atoms with Crippen molar-refractivity contribution in [3.05, 3.63) is 28.8 Å². The summed E-state index contributed by atoms with van der Waals surface area (Å²) in [5.41, 5.74) is 3.49. The molecule has 3 aliphatic rings. The summed E-state index contributed by atoms with van der Waals surface area (Å²) in [5, 5.41) is 16.0. The van der Waals surface area contributed by atoms with Crippen LogP contribution in [0, 0.1) is 42.4 Å². The fourth-order valence-corrected chi connectivity index (χ4v) is 7.20. The van der Waals surface area contributed by atoms with Gasteiger partial charge in [-0.2, -0.15) is 0 Å². The normalized spacial score (nSPS) is 24.7. The molecule has 1 aromatic carbocycles. The van der Waals surface area contributed by atoms with Gasteiger partial charge in [0, 0.05) is 67.7 Å². The molecule has 3 fully saturated rings. The van der Waals surface area contributed by atoms with Crippen molar-refractivity contribution < 1.29 is 19.4 Å². The molecule has 0 spiro atoms. The molecule has 0 aromatic heterocycles. The lowest BCUT2D eigenvalue weighted by Crippen LogP contribution is -2.52. The van der Waals surface area contributed by atoms with Crippen LogP contribution in [-0.2, 0) is 9.53 Å². The van der Waals surface area contributed by atoms with Crippen LogP contribution in [-0.4, -0.2) is 85.9 Å². The number of piperidine rings is 2. The van der Waals surface area contributed by atoms with Crippen LogP contribution in [0.4, 0.5) is 5.69 Å². The van der Waals surface area contributed by atoms with E-state index < -0.39 is 0 Å². The van der Waals surface area contributed by atoms with Gasteiger partial charge in [-0.05, 0) is 102 Å². The number of aliphatic hydroxyl groups excluding tert-OH is 1. The van der Waals surface area contributed by atoms with Crippen molar-refractivity contribution in [2.45, 2.75) is 91.8 Å². The second-order valence-electron chi connectivity index (χ2n) is 13.4. The number of rotatable bonds is 9. The standard InChI is InChI=1S/C35H54N4O4/c1-7-39(29-12-16-43-17-13-29)33-20-28(9-8-27-10-14-38(15-11-27)22-25(5)40)19-31(26(33)6)34(41)36-21-32-30(23(2)3)18-24(4)37-35(32)42/h19-20,23-25,27,29-30,32,40H,7,10-18,21-22H2,1-6H3,(H,36,41)(H,37,42)/t24?,25-,30?,32?/m1/s1. The summed E-state index contributed by atoms with van der Waals surface area (Å²) >= 11 is 0. The van der Waals surface area contributed by atoms with Gasteiger partial charge in [-0.3, -0.25) is 9.59 Å². The Morgan fingerprint density at radius 3 is 2.51 bits per heavy atom. The summed E-state index contributed by atoms with van der Waals surface area (Å²) in [6, 6.07) is 4.60. The molecule has 3 heterocycles. The number of benzene rings is 1. The zero-order chi connectivity index (χ0) is 31.1. The quantitative estimate of drug-likeness (QED) is 0.375. The second-order valence-corrected chi connectivity index (χ2v) is 13.4. The number of nitrogens with zero attached hydrogens (tertiary/aromatic N) is 2. The predicted octanol–water partition coefficient (Wildman–Crippen LogP) is 3.97. The van der Waals surface area contributed by atoms with Gasteiger partial charge in [-0.1, -0.05) is 25.7 Å². The topological polar surface area (TPSA) is 94.1 Å². The third-order valence-electron chi connectivity index (χ3n) is 9.64. The molecule has 3 unspecified atom stereocenters. The lowest BCUT2D eigenvalue weighted by atomic mass is 9.76. The molecule has 3 N–H and O–H groups in total. The molecule has 8 heteroatoms. The molecule has 238 valence electrons. The first-order valence-corrected chi connectivity index (χ1v) is 16.6. The number of hydrogen-bond acceptors (Lipinski definition) is 6. The van der Waals surface area contributed by atoms with Gasteiger partial charge in [0.1, 0.15) is 0 Å². The maximum Gasteiger partial charge on any atom is 0.251 e. The van der Waals surface area contributed by atoms with Crippen LogP contribution in [0.5, 0.6) is 0 Å². The lowest BCUT2D eigenvalue weighted by Gasteiger charge is -2.37. The highest BCUT2D eigenvalue weighted by atomic mass is 16.5. The minimum Gasteiger partial charge on any atom is -0.392 e. The monoisotopic (exact) mass is 594 g/mol. The molecular weight excluding hydrogens is 540 g/mol. The fourth-order valence-electron chi connectivity index (χ4n) is 7.20. The third-order valence-corrected chi connectivity index (χ3v) is 9.64. The number of carbonyl (C=O) groups is 2. The summed E-state index contributed by atoms with van der Waals surface area (Å²) in [7, 11) is 0. The number of likely N-dealkylation sites (tertiary alicyclic amines) is 1. The van der Waals surface area contributed by atoms with Gasteiger partial charge in [0.15, 0.2) is 0 Å². The number of carbonyl (C=O) groups excluding carboxylic acids is 2. The largest absolute Gasteiger partial charge is 0.392 e. The van der Waals surface area contributed by atoms with Crippen molar-refractivity contribution >= 4 is 17.5 Å². The van der Waals surface area contributed by atoms with Crippen LogP contribution in [0.1, 0.15) is 88.2 Å². The van der Waals surface area contributed by atoms with Gasteiger partial charge >= 0.3 is 0 Å². The highest BCUT2D eigenvalue weighted by Crippen LogP contribution is 2.32. The van der Waals surface area contributed by atoms with Gasteiger partial charge < -0.3 is 30.3 Å². The third kappa shape index (κ3) is 8.74. The molecule has 8 nitrogen and oxygen atoms in total. The zero-order valence-corrected chi connectivity index (χ0v) is 27.2. The van der Waals surface area contributed by atoms with Crippen molar-refractivity contribution in [3.8, 4) is 11.8 Å². The Balaban J connectivity index is 1.58. The Kier molecular flexibility index (Phi) is 11.9. The SMILES string of the molecule is CCN(c1cc(C#CC2CCN(C[C@@H](C)O)CC2)cc(C(=O)NCC2C(=O)NC(C)CC2C(C)C)c1C)C1CCOCC1. The number of aliphatic hydroxyl groups is 1. The van der Waals surface area contributed by atoms with Gasteiger partial charge in [-0.25, -0.2) is 0 Å². The number of amides is 2. The van der Waals surface area contributed by atoms with E-state index in [-0.39, 0.29) is 35.8 Å². The predicted molar refractivity (Wildman–Crippen MR) is 172 cm³/mol. The second kappa shape index (κ2) is 15.4. The summed E-state index contributed by atoms with van der Waals surface area (Å²) in [5.74, 6) is 7.49. The molecule has 0 radical (unpaired) electrons. The first kappa shape index (κ1) is 33.3. The number of ether oxygens (including phenoxy) is 1. The van der Waals surface area contributed by atoms with Crippen molar-refractivity contribution in [3.63, 3.8) is 0 Å². The first-order chi connectivity index (χ1) is 20.6. The van der Waals surface area contributed by atoms with E-state index >= 15 is 0 Å². The molecule has 2 amide bonds. The number of nitrogens with one attached hydrogen (secondary N) is 2. The van der Waals surface area contributed by atoms with E-state index in [4.69, 9.17) is 4.74 Å². The Bertz CT molecular complexity index is 1160. The zero-order valence-electron chi connectivity index (χ0n) is 27.2. The van der Waals surface area contributed by atoms with E-state index in [1.165, 1.54) is 0 Å². The molecule has 0 saturated carbocycles. The Labute approximate surface area is 259 Å². The van der Waals surface area contributed by atoms with Gasteiger partial charge in [0.25, 0.3) is 5.91 Å². The summed E-state index contributed by atoms with van der Waals surface area (Å²) in [6.45, 7) is 17.7. The maximum absolute atomic E-state index is 13.8. The molecule has 0 bridgehead atoms. The van der Waals surface area contributed by atoms with Gasteiger partial charge in [0.05, 0.1) is 12.0 Å². The van der Waals surface area contributed by atoms with E-state index in [9.17, 15) is 14.7 Å². The molecule has 1 aromatic rings. The highest BCUT2D eigenvalue weighted by molar-refractivity contribution is 5.98. The first-order valence-electron chi connectivity index (χ1n) is 16.6. The summed E-state index contributed by atoms with van der Waals surface area (Å²) < 4.78 is 5.65. The molecule has 3 saturated heterocycles. The smallest absolute Gasteiger partial charge is 0.251 e. The molecule has 4 rings (SSSR count). The Morgan fingerprint density at radius 1 is 1.19 bits per heavy atom. The minimum atomic E-state index is -0.317. The molecule has 4 atom stereocenters. The van der Waals surface area contributed by atoms with E-state index in [1.807, 2.05) is 19.9 Å². The van der Waals surface area contributed by atoms with Crippen LogP contribution in [0.2, 0.25) is 0 Å². The average Bonchev–Trinajstić information content (AvgIpc) is 2.97. The van der Waals surface area contributed by atoms with E-state index in [2.05, 4.69) is 66.0 Å². The van der Waals surface area contributed by atoms with Crippen LogP contribution in [0.25, 0.3) is 0 Å². The fraction of sp³-hybridized carbons (Fsp3) is 0.714. The Hall–Kier alpha value is -2.60. The summed E-state index contributed by atoms with van der Waals surface area (Å²) in [6.07, 6.45) is 4.49. The van der Waals surface area contributed by atoms with Crippen molar-refractivity contribution in [2.24, 2.45) is 23.7 Å². The maximum atomic E-state index is 13.8. The van der Waals surface area contributed by atoms with Crippen LogP contribution < -0.4 is 15.5 Å². The van der Waals surface area contributed by atoms with Crippen molar-refractivity contribution in [1.29, 1.82) is 0 Å². The highest BCUT2D eigenvalue weighted by Gasteiger charge is 2.37. The molecule has 3 aliphatic heterocycles. The number of hydrogen-bond donors (Lipinski definition) is 3. The number of β-amino-alcohol motifs (C(OH)–C–C–N with tert-alkyl or cyclic N) is 1.